The Balaban J connectivity index is 2.21. The van der Waals surface area contributed by atoms with Crippen molar-refractivity contribution in [2.45, 2.75) is 6.92 Å². The van der Waals surface area contributed by atoms with Crippen molar-refractivity contribution < 1.29 is 4.39 Å². The molecule has 0 spiro atoms. The molecule has 1 aromatic carbocycles. The Hall–Kier alpha value is -1.62. The van der Waals surface area contributed by atoms with Crippen molar-refractivity contribution in [1.29, 1.82) is 0 Å². The molecule has 1 aromatic heterocycles. The largest absolute Gasteiger partial charge is 0.396 e. The van der Waals surface area contributed by atoms with Gasteiger partial charge in [0.2, 0.25) is 0 Å². The molecule has 0 saturated heterocycles. The van der Waals surface area contributed by atoms with E-state index in [1.165, 1.54) is 23.5 Å². The monoisotopic (exact) mass is 223 g/mol. The van der Waals surface area contributed by atoms with E-state index >= 15 is 0 Å². The normalized spacial score (nSPS) is 10.3. The van der Waals surface area contributed by atoms with Gasteiger partial charge in [-0.05, 0) is 25.1 Å². The first-order valence-corrected chi connectivity index (χ1v) is 5.27. The van der Waals surface area contributed by atoms with Crippen LogP contribution < -0.4 is 11.1 Å². The van der Waals surface area contributed by atoms with Crippen molar-refractivity contribution in [1.82, 2.24) is 4.98 Å². The van der Waals surface area contributed by atoms with Crippen LogP contribution in [-0.4, -0.2) is 4.98 Å². The van der Waals surface area contributed by atoms with Gasteiger partial charge in [-0.3, -0.25) is 0 Å². The maximum atomic E-state index is 13.1. The summed E-state index contributed by atoms with van der Waals surface area (Å²) < 4.78 is 13.1. The zero-order valence-electron chi connectivity index (χ0n) is 8.12. The van der Waals surface area contributed by atoms with Gasteiger partial charge in [-0.2, -0.15) is 0 Å². The molecule has 15 heavy (non-hydrogen) atoms. The van der Waals surface area contributed by atoms with Gasteiger partial charge in [0.1, 0.15) is 5.82 Å². The molecule has 2 rings (SSSR count). The van der Waals surface area contributed by atoms with E-state index in [-0.39, 0.29) is 5.69 Å². The van der Waals surface area contributed by atoms with E-state index < -0.39 is 5.82 Å². The van der Waals surface area contributed by atoms with Crippen molar-refractivity contribution in [2.75, 3.05) is 11.1 Å². The van der Waals surface area contributed by atoms with Gasteiger partial charge in [0.05, 0.1) is 11.4 Å². The van der Waals surface area contributed by atoms with Crippen LogP contribution in [0.2, 0.25) is 0 Å². The molecule has 2 aromatic rings. The van der Waals surface area contributed by atoms with Crippen LogP contribution in [-0.2, 0) is 0 Å². The molecule has 0 radical (unpaired) electrons. The summed E-state index contributed by atoms with van der Waals surface area (Å²) in [6, 6.07) is 4.60. The van der Waals surface area contributed by atoms with Crippen molar-refractivity contribution in [3.8, 4) is 0 Å². The highest BCUT2D eigenvalue weighted by molar-refractivity contribution is 7.13. The van der Waals surface area contributed by atoms with Crippen LogP contribution in [0.1, 0.15) is 5.69 Å². The first-order valence-electron chi connectivity index (χ1n) is 4.39. The molecule has 3 nitrogen and oxygen atoms in total. The molecule has 0 atom stereocenters. The summed E-state index contributed by atoms with van der Waals surface area (Å²) in [5.74, 6) is -0.423. The topological polar surface area (TPSA) is 50.9 Å². The van der Waals surface area contributed by atoms with E-state index in [4.69, 9.17) is 5.73 Å². The summed E-state index contributed by atoms with van der Waals surface area (Å²) in [5, 5.41) is 5.68. The molecule has 0 aliphatic rings. The third-order valence-electron chi connectivity index (χ3n) is 1.87. The van der Waals surface area contributed by atoms with Crippen molar-refractivity contribution in [3.63, 3.8) is 0 Å². The Kier molecular flexibility index (Phi) is 2.55. The van der Waals surface area contributed by atoms with Crippen LogP contribution in [0.5, 0.6) is 0 Å². The van der Waals surface area contributed by atoms with E-state index in [1.54, 1.807) is 6.07 Å². The quantitative estimate of drug-likeness (QED) is 0.770. The number of rotatable bonds is 2. The smallest absolute Gasteiger partial charge is 0.187 e. The SMILES string of the molecule is Cc1csc(Nc2ccc(N)c(F)c2)n1. The van der Waals surface area contributed by atoms with E-state index in [0.29, 0.717) is 5.69 Å². The number of hydrogen-bond donors (Lipinski definition) is 2. The molecule has 0 amide bonds. The van der Waals surface area contributed by atoms with Gasteiger partial charge < -0.3 is 11.1 Å². The Morgan fingerprint density at radius 2 is 2.27 bits per heavy atom. The van der Waals surface area contributed by atoms with Crippen LogP contribution in [0.25, 0.3) is 0 Å². The number of nitrogens with zero attached hydrogens (tertiary/aromatic N) is 1. The second-order valence-electron chi connectivity index (χ2n) is 3.16. The van der Waals surface area contributed by atoms with Gasteiger partial charge in [0.15, 0.2) is 5.13 Å². The number of nitrogens with two attached hydrogens (primary N) is 1. The Labute approximate surface area is 90.8 Å². The fourth-order valence-corrected chi connectivity index (χ4v) is 1.85. The Morgan fingerprint density at radius 3 is 2.87 bits per heavy atom. The molecule has 0 aliphatic carbocycles. The van der Waals surface area contributed by atoms with Crippen molar-refractivity contribution >= 4 is 27.8 Å². The van der Waals surface area contributed by atoms with Crippen molar-refractivity contribution in [2.24, 2.45) is 0 Å². The lowest BCUT2D eigenvalue weighted by Crippen LogP contribution is -1.94. The number of aryl methyl sites for hydroxylation is 1. The third-order valence-corrected chi connectivity index (χ3v) is 2.75. The van der Waals surface area contributed by atoms with Crippen LogP contribution >= 0.6 is 11.3 Å². The molecule has 0 bridgehead atoms. The lowest BCUT2D eigenvalue weighted by atomic mass is 10.3. The standard InChI is InChI=1S/C10H10FN3S/c1-6-5-15-10(13-6)14-7-2-3-9(12)8(11)4-7/h2-5H,12H2,1H3,(H,13,14). The minimum Gasteiger partial charge on any atom is -0.396 e. The summed E-state index contributed by atoms with van der Waals surface area (Å²) in [4.78, 5) is 4.21. The summed E-state index contributed by atoms with van der Waals surface area (Å²) in [6.07, 6.45) is 0. The average molecular weight is 223 g/mol. The third kappa shape index (κ3) is 2.24. The first kappa shape index (κ1) is 9.92. The minimum absolute atomic E-state index is 0.149. The number of hydrogen-bond acceptors (Lipinski definition) is 4. The van der Waals surface area contributed by atoms with E-state index in [0.717, 1.165) is 10.8 Å². The zero-order chi connectivity index (χ0) is 10.8. The average Bonchev–Trinajstić information content (AvgIpc) is 2.58. The lowest BCUT2D eigenvalue weighted by Gasteiger charge is -2.03. The van der Waals surface area contributed by atoms with Gasteiger partial charge in [-0.15, -0.1) is 11.3 Å². The highest BCUT2D eigenvalue weighted by Crippen LogP contribution is 2.22. The molecule has 78 valence electrons. The van der Waals surface area contributed by atoms with Gasteiger partial charge in [0, 0.05) is 11.1 Å². The van der Waals surface area contributed by atoms with Gasteiger partial charge >= 0.3 is 0 Å². The molecular weight excluding hydrogens is 213 g/mol. The number of nitrogens with one attached hydrogen (secondary N) is 1. The number of nitrogen functional groups attached to an aromatic ring is 1. The Bertz CT molecular complexity index is 481. The second kappa shape index (κ2) is 3.86. The van der Waals surface area contributed by atoms with Crippen LogP contribution in [0, 0.1) is 12.7 Å². The lowest BCUT2D eigenvalue weighted by molar-refractivity contribution is 0.633. The fraction of sp³-hybridized carbons (Fsp3) is 0.100. The predicted molar refractivity (Wildman–Crippen MR) is 60.9 cm³/mol. The zero-order valence-corrected chi connectivity index (χ0v) is 8.94. The van der Waals surface area contributed by atoms with Crippen LogP contribution in [0.3, 0.4) is 0 Å². The summed E-state index contributed by atoms with van der Waals surface area (Å²) in [6.45, 7) is 1.91. The number of anilines is 3. The highest BCUT2D eigenvalue weighted by Gasteiger charge is 2.02. The molecule has 1 heterocycles. The molecule has 5 heteroatoms. The molecule has 0 aliphatic heterocycles. The highest BCUT2D eigenvalue weighted by atomic mass is 32.1. The van der Waals surface area contributed by atoms with Crippen molar-refractivity contribution in [3.05, 3.63) is 35.1 Å². The molecular formula is C10H10FN3S. The number of benzene rings is 1. The maximum absolute atomic E-state index is 13.1. The maximum Gasteiger partial charge on any atom is 0.187 e. The molecule has 0 saturated carbocycles. The second-order valence-corrected chi connectivity index (χ2v) is 4.01. The van der Waals surface area contributed by atoms with Crippen LogP contribution in [0.4, 0.5) is 20.9 Å². The van der Waals surface area contributed by atoms with E-state index in [9.17, 15) is 4.39 Å². The summed E-state index contributed by atoms with van der Waals surface area (Å²) >= 11 is 1.48. The number of aromatic nitrogens is 1. The summed E-state index contributed by atoms with van der Waals surface area (Å²) in [7, 11) is 0. The summed E-state index contributed by atoms with van der Waals surface area (Å²) in [5.41, 5.74) is 7.11. The minimum atomic E-state index is -0.423. The fourth-order valence-electron chi connectivity index (χ4n) is 1.14. The van der Waals surface area contributed by atoms with E-state index in [2.05, 4.69) is 10.3 Å². The Morgan fingerprint density at radius 1 is 1.47 bits per heavy atom. The molecule has 3 N–H and O–H groups in total. The van der Waals surface area contributed by atoms with E-state index in [1.807, 2.05) is 12.3 Å². The first-order chi connectivity index (χ1) is 7.15. The predicted octanol–water partition coefficient (Wildman–Crippen LogP) is 2.92. The van der Waals surface area contributed by atoms with Gasteiger partial charge in [-0.1, -0.05) is 0 Å². The van der Waals surface area contributed by atoms with Gasteiger partial charge in [-0.25, -0.2) is 9.37 Å². The van der Waals surface area contributed by atoms with Gasteiger partial charge in [0.25, 0.3) is 0 Å². The molecule has 0 unspecified atom stereocenters. The van der Waals surface area contributed by atoms with Crippen LogP contribution in [0.15, 0.2) is 23.6 Å². The number of thiazole rings is 1. The number of halogens is 1. The molecule has 0 fully saturated rings.